The van der Waals surface area contributed by atoms with Gasteiger partial charge in [-0.25, -0.2) is 9.36 Å². The topological polar surface area (TPSA) is 125 Å². The maximum Gasteiger partial charge on any atom is 0.332 e. The maximum atomic E-state index is 13.5. The van der Waals surface area contributed by atoms with Gasteiger partial charge < -0.3 is 19.8 Å². The quantitative estimate of drug-likeness (QED) is 0.382. The molecule has 1 aliphatic rings. The second kappa shape index (κ2) is 10.1. The normalized spacial score (nSPS) is 13.8. The molecule has 2 amide bonds. The van der Waals surface area contributed by atoms with Crippen LogP contribution in [0.3, 0.4) is 0 Å². The Labute approximate surface area is 215 Å². The van der Waals surface area contributed by atoms with Crippen LogP contribution in [0.2, 0.25) is 5.02 Å². The number of para-hydroxylation sites is 1. The number of hydrogen-bond donors (Lipinski definition) is 2. The average molecular weight is 525 g/mol. The van der Waals surface area contributed by atoms with Crippen molar-refractivity contribution in [3.05, 3.63) is 68.3 Å². The molecule has 1 fully saturated rings. The van der Waals surface area contributed by atoms with Crippen molar-refractivity contribution >= 4 is 51.2 Å². The highest BCUT2D eigenvalue weighted by molar-refractivity contribution is 6.32. The van der Waals surface area contributed by atoms with Gasteiger partial charge in [0.1, 0.15) is 29.9 Å². The zero-order valence-electron chi connectivity index (χ0n) is 20.1. The molecule has 0 unspecified atom stereocenters. The first kappa shape index (κ1) is 24.6. The van der Waals surface area contributed by atoms with E-state index in [1.165, 1.54) is 13.2 Å². The average Bonchev–Trinajstić information content (AvgIpc) is 3.52. The maximum absolute atomic E-state index is 13.5. The van der Waals surface area contributed by atoms with Crippen LogP contribution in [0.4, 0.5) is 5.69 Å². The second-order valence-corrected chi connectivity index (χ2v) is 9.39. The van der Waals surface area contributed by atoms with Crippen LogP contribution in [-0.4, -0.2) is 34.1 Å². The van der Waals surface area contributed by atoms with E-state index < -0.39 is 36.2 Å². The standard InChI is InChI=1S/C26H25ClN4O6/c1-36-20-11-10-16(12-18(20)27)29-21(32)13-30-23-17-8-4-5-9-19(17)37-24(23)25(34)31(26(30)35)14-22(33)28-15-6-2-3-7-15/h4-5,8-12,15H,2-3,6-7,13-14H2,1H3,(H,28,33)(H,29,32). The van der Waals surface area contributed by atoms with Crippen molar-refractivity contribution in [3.63, 3.8) is 0 Å². The van der Waals surface area contributed by atoms with Gasteiger partial charge in [-0.05, 0) is 43.2 Å². The van der Waals surface area contributed by atoms with Crippen LogP contribution in [0.25, 0.3) is 22.1 Å². The molecular weight excluding hydrogens is 500 g/mol. The van der Waals surface area contributed by atoms with E-state index in [1.807, 2.05) is 0 Å². The number of carbonyl (C=O) groups excluding carboxylic acids is 2. The van der Waals surface area contributed by atoms with Crippen molar-refractivity contribution in [2.45, 2.75) is 44.8 Å². The minimum Gasteiger partial charge on any atom is -0.495 e. The lowest BCUT2D eigenvalue weighted by atomic mass is 10.2. The van der Waals surface area contributed by atoms with Gasteiger partial charge in [0, 0.05) is 17.1 Å². The molecule has 1 saturated carbocycles. The Balaban J connectivity index is 1.53. The van der Waals surface area contributed by atoms with Crippen LogP contribution in [0.5, 0.6) is 5.75 Å². The molecule has 0 saturated heterocycles. The lowest BCUT2D eigenvalue weighted by Crippen LogP contribution is -2.46. The van der Waals surface area contributed by atoms with Crippen LogP contribution in [0, 0.1) is 0 Å². The lowest BCUT2D eigenvalue weighted by molar-refractivity contribution is -0.122. The number of anilines is 1. The summed E-state index contributed by atoms with van der Waals surface area (Å²) in [6, 6.07) is 11.6. The van der Waals surface area contributed by atoms with Gasteiger partial charge in [0.25, 0.3) is 5.56 Å². The van der Waals surface area contributed by atoms with Gasteiger partial charge in [-0.1, -0.05) is 36.6 Å². The van der Waals surface area contributed by atoms with Crippen LogP contribution in [-0.2, 0) is 22.7 Å². The van der Waals surface area contributed by atoms with E-state index in [1.54, 1.807) is 36.4 Å². The summed E-state index contributed by atoms with van der Waals surface area (Å²) in [6.07, 6.45) is 3.78. The SMILES string of the molecule is COc1ccc(NC(=O)Cn2c(=O)n(CC(=O)NC3CCCC3)c(=O)c3oc4ccccc4c32)cc1Cl. The molecule has 4 aromatic rings. The zero-order chi connectivity index (χ0) is 26.1. The Morgan fingerprint density at radius 3 is 2.51 bits per heavy atom. The third-order valence-electron chi connectivity index (χ3n) is 6.50. The van der Waals surface area contributed by atoms with Gasteiger partial charge in [-0.3, -0.25) is 19.0 Å². The predicted molar refractivity (Wildman–Crippen MR) is 139 cm³/mol. The Bertz CT molecular complexity index is 1630. The van der Waals surface area contributed by atoms with E-state index in [2.05, 4.69) is 10.6 Å². The molecule has 11 heteroatoms. The highest BCUT2D eigenvalue weighted by Gasteiger charge is 2.24. The highest BCUT2D eigenvalue weighted by atomic mass is 35.5. The highest BCUT2D eigenvalue weighted by Crippen LogP contribution is 2.28. The van der Waals surface area contributed by atoms with Crippen LogP contribution in [0.1, 0.15) is 25.7 Å². The Kier molecular flexibility index (Phi) is 6.75. The third-order valence-corrected chi connectivity index (χ3v) is 6.80. The molecule has 2 N–H and O–H groups in total. The molecule has 1 aliphatic carbocycles. The number of carbonyl (C=O) groups is 2. The Hall–Kier alpha value is -4.05. The molecule has 0 bridgehead atoms. The molecule has 0 spiro atoms. The first-order chi connectivity index (χ1) is 17.9. The summed E-state index contributed by atoms with van der Waals surface area (Å²) < 4.78 is 12.9. The molecule has 2 heterocycles. The number of nitrogens with one attached hydrogen (secondary N) is 2. The number of benzene rings is 2. The van der Waals surface area contributed by atoms with Crippen LogP contribution in [0.15, 0.2) is 56.5 Å². The van der Waals surface area contributed by atoms with Crippen molar-refractivity contribution in [1.29, 1.82) is 0 Å². The van der Waals surface area contributed by atoms with Gasteiger partial charge in [-0.2, -0.15) is 0 Å². The number of rotatable bonds is 7. The number of methoxy groups -OCH3 is 1. The van der Waals surface area contributed by atoms with Crippen LogP contribution >= 0.6 is 11.6 Å². The number of hydrogen-bond acceptors (Lipinski definition) is 6. The van der Waals surface area contributed by atoms with E-state index in [4.69, 9.17) is 20.8 Å². The molecule has 0 radical (unpaired) electrons. The minimum atomic E-state index is -0.784. The van der Waals surface area contributed by atoms with Gasteiger partial charge in [-0.15, -0.1) is 0 Å². The summed E-state index contributed by atoms with van der Waals surface area (Å²) in [5.41, 5.74) is -0.625. The largest absolute Gasteiger partial charge is 0.495 e. The van der Waals surface area contributed by atoms with Crippen molar-refractivity contribution in [1.82, 2.24) is 14.5 Å². The molecule has 0 atom stereocenters. The van der Waals surface area contributed by atoms with Crippen molar-refractivity contribution in [2.24, 2.45) is 0 Å². The lowest BCUT2D eigenvalue weighted by Gasteiger charge is -2.14. The third kappa shape index (κ3) is 4.84. The van der Waals surface area contributed by atoms with Gasteiger partial charge >= 0.3 is 5.69 Å². The molecule has 2 aromatic carbocycles. The number of nitrogens with zero attached hydrogens (tertiary/aromatic N) is 2. The molecule has 5 rings (SSSR count). The molecule has 0 aliphatic heterocycles. The number of ether oxygens (including phenoxy) is 1. The molecule has 37 heavy (non-hydrogen) atoms. The monoisotopic (exact) mass is 524 g/mol. The van der Waals surface area contributed by atoms with E-state index in [-0.39, 0.29) is 17.1 Å². The van der Waals surface area contributed by atoms with Crippen LogP contribution < -0.4 is 26.6 Å². The summed E-state index contributed by atoms with van der Waals surface area (Å²) >= 11 is 6.15. The van der Waals surface area contributed by atoms with E-state index in [0.29, 0.717) is 27.4 Å². The fraction of sp³-hybridized carbons (Fsp3) is 0.308. The fourth-order valence-electron chi connectivity index (χ4n) is 4.76. The smallest absolute Gasteiger partial charge is 0.332 e. The molecular formula is C26H25ClN4O6. The van der Waals surface area contributed by atoms with E-state index in [9.17, 15) is 19.2 Å². The number of amides is 2. The molecule has 192 valence electrons. The predicted octanol–water partition coefficient (Wildman–Crippen LogP) is 3.27. The number of furan rings is 1. The number of aromatic nitrogens is 2. The summed E-state index contributed by atoms with van der Waals surface area (Å²) in [6.45, 7) is -0.899. The van der Waals surface area contributed by atoms with E-state index in [0.717, 1.165) is 34.8 Å². The first-order valence-corrected chi connectivity index (χ1v) is 12.3. The zero-order valence-corrected chi connectivity index (χ0v) is 20.8. The first-order valence-electron chi connectivity index (χ1n) is 11.9. The fourth-order valence-corrected chi connectivity index (χ4v) is 5.01. The molecule has 10 nitrogen and oxygen atoms in total. The van der Waals surface area contributed by atoms with Crippen molar-refractivity contribution in [2.75, 3.05) is 12.4 Å². The van der Waals surface area contributed by atoms with Crippen molar-refractivity contribution in [3.8, 4) is 5.75 Å². The van der Waals surface area contributed by atoms with Gasteiger partial charge in [0.15, 0.2) is 0 Å². The molecule has 2 aromatic heterocycles. The Morgan fingerprint density at radius 1 is 1.05 bits per heavy atom. The minimum absolute atomic E-state index is 0.0301. The van der Waals surface area contributed by atoms with E-state index >= 15 is 0 Å². The summed E-state index contributed by atoms with van der Waals surface area (Å²) in [5.74, 6) is -0.522. The Morgan fingerprint density at radius 2 is 1.78 bits per heavy atom. The second-order valence-electron chi connectivity index (χ2n) is 8.98. The number of fused-ring (bicyclic) bond motifs is 3. The number of halogens is 1. The summed E-state index contributed by atoms with van der Waals surface area (Å²) in [4.78, 5) is 52.5. The van der Waals surface area contributed by atoms with Gasteiger partial charge in [0.05, 0.1) is 12.1 Å². The summed E-state index contributed by atoms with van der Waals surface area (Å²) in [7, 11) is 1.48. The van der Waals surface area contributed by atoms with Gasteiger partial charge in [0.2, 0.25) is 17.4 Å². The summed E-state index contributed by atoms with van der Waals surface area (Å²) in [5, 5.41) is 6.40. The van der Waals surface area contributed by atoms with Crippen molar-refractivity contribution < 1.29 is 18.7 Å².